The van der Waals surface area contributed by atoms with Crippen molar-refractivity contribution in [1.29, 1.82) is 0 Å². The second-order valence-electron chi connectivity index (χ2n) is 7.52. The first-order valence-corrected chi connectivity index (χ1v) is 10.2. The molecule has 0 saturated carbocycles. The van der Waals surface area contributed by atoms with Crippen LogP contribution in [0.5, 0.6) is 5.75 Å². The van der Waals surface area contributed by atoms with Gasteiger partial charge in [-0.2, -0.15) is 0 Å². The van der Waals surface area contributed by atoms with E-state index in [0.717, 1.165) is 37.2 Å². The number of benzene rings is 1. The van der Waals surface area contributed by atoms with Crippen LogP contribution in [0.1, 0.15) is 18.4 Å². The molecule has 1 heterocycles. The second-order valence-corrected chi connectivity index (χ2v) is 7.52. The molecule has 30 heavy (non-hydrogen) atoms. The highest BCUT2D eigenvalue weighted by Gasteiger charge is 2.21. The summed E-state index contributed by atoms with van der Waals surface area (Å²) in [5.41, 5.74) is 1.05. The van der Waals surface area contributed by atoms with E-state index in [1.807, 2.05) is 24.3 Å². The highest BCUT2D eigenvalue weighted by Crippen LogP contribution is 2.12. The highest BCUT2D eigenvalue weighted by molar-refractivity contribution is 5.86. The number of carbonyl (C=O) groups is 2. The van der Waals surface area contributed by atoms with Crippen LogP contribution in [0, 0.1) is 0 Å². The van der Waals surface area contributed by atoms with Crippen LogP contribution < -0.4 is 20.7 Å². The Morgan fingerprint density at radius 2 is 1.87 bits per heavy atom. The standard InChI is InChI=1S/C21H34N6O3/c1-22-19(28)15-27-11-9-17(10-12-27)25-21(24-14-20(29)26(2)3)23-13-16-5-7-18(30-4)8-6-16/h5-8,17H,9-15H2,1-4H3,(H,22,28)(H2,23,24,25). The Bertz CT molecular complexity index is 712. The largest absolute Gasteiger partial charge is 0.497 e. The molecule has 1 aliphatic heterocycles. The van der Waals surface area contributed by atoms with Crippen molar-refractivity contribution in [2.45, 2.75) is 25.4 Å². The first kappa shape index (κ1) is 23.5. The zero-order chi connectivity index (χ0) is 21.9. The molecule has 1 aliphatic rings. The third-order valence-corrected chi connectivity index (χ3v) is 5.06. The van der Waals surface area contributed by atoms with Gasteiger partial charge in [-0.25, -0.2) is 4.99 Å². The van der Waals surface area contributed by atoms with Gasteiger partial charge in [0.05, 0.1) is 26.7 Å². The molecule has 0 bridgehead atoms. The zero-order valence-corrected chi connectivity index (χ0v) is 18.4. The monoisotopic (exact) mass is 418 g/mol. The van der Waals surface area contributed by atoms with Crippen LogP contribution in [0.3, 0.4) is 0 Å². The predicted molar refractivity (Wildman–Crippen MR) is 117 cm³/mol. The van der Waals surface area contributed by atoms with E-state index in [2.05, 4.69) is 25.8 Å². The lowest BCUT2D eigenvalue weighted by atomic mass is 10.1. The van der Waals surface area contributed by atoms with E-state index in [1.165, 1.54) is 0 Å². The van der Waals surface area contributed by atoms with Gasteiger partial charge in [-0.3, -0.25) is 14.5 Å². The smallest absolute Gasteiger partial charge is 0.241 e. The van der Waals surface area contributed by atoms with E-state index < -0.39 is 0 Å². The van der Waals surface area contributed by atoms with Gasteiger partial charge in [0.2, 0.25) is 11.8 Å². The van der Waals surface area contributed by atoms with Gasteiger partial charge in [0.1, 0.15) is 5.75 Å². The molecule has 1 aromatic rings. The minimum absolute atomic E-state index is 0.0191. The Balaban J connectivity index is 1.95. The molecule has 1 fully saturated rings. The first-order valence-electron chi connectivity index (χ1n) is 10.2. The summed E-state index contributed by atoms with van der Waals surface area (Å²) >= 11 is 0. The van der Waals surface area contributed by atoms with E-state index in [4.69, 9.17) is 4.74 Å². The summed E-state index contributed by atoms with van der Waals surface area (Å²) in [6.07, 6.45) is 1.81. The topological polar surface area (TPSA) is 98.3 Å². The molecule has 9 heteroatoms. The fraction of sp³-hybridized carbons (Fsp3) is 0.571. The molecule has 2 rings (SSSR count). The summed E-state index contributed by atoms with van der Waals surface area (Å²) in [5, 5.41) is 9.25. The lowest BCUT2D eigenvalue weighted by Gasteiger charge is -2.32. The number of nitrogens with zero attached hydrogens (tertiary/aromatic N) is 3. The lowest BCUT2D eigenvalue weighted by molar-refractivity contribution is -0.127. The molecule has 1 aromatic carbocycles. The summed E-state index contributed by atoms with van der Waals surface area (Å²) in [5.74, 6) is 1.44. The SMILES string of the molecule is CNC(=O)CN1CCC(NC(=NCc2ccc(OC)cc2)NCC(=O)N(C)C)CC1. The van der Waals surface area contributed by atoms with Gasteiger partial charge >= 0.3 is 0 Å². The lowest BCUT2D eigenvalue weighted by Crippen LogP contribution is -2.51. The van der Waals surface area contributed by atoms with Gasteiger partial charge in [0.15, 0.2) is 5.96 Å². The van der Waals surface area contributed by atoms with Crippen LogP contribution in [0.25, 0.3) is 0 Å². The number of rotatable bonds is 8. The third-order valence-electron chi connectivity index (χ3n) is 5.06. The molecule has 0 radical (unpaired) electrons. The van der Waals surface area contributed by atoms with Gasteiger partial charge in [0.25, 0.3) is 0 Å². The van der Waals surface area contributed by atoms with Crippen molar-refractivity contribution in [3.8, 4) is 5.75 Å². The number of guanidine groups is 1. The molecule has 1 saturated heterocycles. The molecule has 0 aliphatic carbocycles. The number of piperidine rings is 1. The van der Waals surface area contributed by atoms with Crippen LogP contribution in [0.4, 0.5) is 0 Å². The summed E-state index contributed by atoms with van der Waals surface area (Å²) in [6.45, 7) is 2.78. The minimum atomic E-state index is -0.0191. The molecule has 0 aromatic heterocycles. The molecule has 0 spiro atoms. The average molecular weight is 419 g/mol. The predicted octanol–water partition coefficient (Wildman–Crippen LogP) is 0.0290. The Hall–Kier alpha value is -2.81. The van der Waals surface area contributed by atoms with Gasteiger partial charge in [-0.1, -0.05) is 12.1 Å². The fourth-order valence-electron chi connectivity index (χ4n) is 3.08. The van der Waals surface area contributed by atoms with Crippen molar-refractivity contribution < 1.29 is 14.3 Å². The van der Waals surface area contributed by atoms with Crippen LogP contribution in [-0.4, -0.2) is 88.0 Å². The van der Waals surface area contributed by atoms with Gasteiger partial charge < -0.3 is 25.6 Å². The Morgan fingerprint density at radius 1 is 1.20 bits per heavy atom. The van der Waals surface area contributed by atoms with Crippen molar-refractivity contribution >= 4 is 17.8 Å². The minimum Gasteiger partial charge on any atom is -0.497 e. The maximum Gasteiger partial charge on any atom is 0.241 e. The number of hydrogen-bond acceptors (Lipinski definition) is 5. The number of aliphatic imine (C=N–C) groups is 1. The van der Waals surface area contributed by atoms with Gasteiger partial charge in [0, 0.05) is 40.3 Å². The van der Waals surface area contributed by atoms with Crippen LogP contribution >= 0.6 is 0 Å². The highest BCUT2D eigenvalue weighted by atomic mass is 16.5. The third kappa shape index (κ3) is 7.90. The maximum absolute atomic E-state index is 12.0. The Labute approximate surface area is 178 Å². The second kappa shape index (κ2) is 12.0. The molecule has 9 nitrogen and oxygen atoms in total. The van der Waals surface area contributed by atoms with Crippen molar-refractivity contribution in [2.75, 3.05) is 54.4 Å². The molecule has 0 atom stereocenters. The maximum atomic E-state index is 12.0. The summed E-state index contributed by atoms with van der Waals surface area (Å²) in [6, 6.07) is 8.00. The fourth-order valence-corrected chi connectivity index (χ4v) is 3.08. The quantitative estimate of drug-likeness (QED) is 0.407. The molecule has 166 valence electrons. The normalized spacial score (nSPS) is 15.4. The number of likely N-dealkylation sites (N-methyl/N-ethyl adjacent to an activating group) is 2. The van der Waals surface area contributed by atoms with Crippen molar-refractivity contribution in [1.82, 2.24) is 25.8 Å². The Kier molecular flexibility index (Phi) is 9.40. The molecule has 3 N–H and O–H groups in total. The van der Waals surface area contributed by atoms with E-state index in [0.29, 0.717) is 19.0 Å². The number of carbonyl (C=O) groups excluding carboxylic acids is 2. The number of likely N-dealkylation sites (tertiary alicyclic amines) is 1. The van der Waals surface area contributed by atoms with Crippen LogP contribution in [0.2, 0.25) is 0 Å². The van der Waals surface area contributed by atoms with E-state index >= 15 is 0 Å². The molecule has 0 unspecified atom stereocenters. The number of hydrogen-bond donors (Lipinski definition) is 3. The summed E-state index contributed by atoms with van der Waals surface area (Å²) in [4.78, 5) is 31.9. The Morgan fingerprint density at radius 3 is 2.43 bits per heavy atom. The molecular weight excluding hydrogens is 384 g/mol. The van der Waals surface area contributed by atoms with Crippen LogP contribution in [-0.2, 0) is 16.1 Å². The number of amides is 2. The van der Waals surface area contributed by atoms with Gasteiger partial charge in [-0.15, -0.1) is 0 Å². The summed E-state index contributed by atoms with van der Waals surface area (Å²) < 4.78 is 5.19. The number of nitrogens with one attached hydrogen (secondary N) is 3. The van der Waals surface area contributed by atoms with Gasteiger partial charge in [-0.05, 0) is 30.5 Å². The van der Waals surface area contributed by atoms with Crippen molar-refractivity contribution in [3.63, 3.8) is 0 Å². The molecular formula is C21H34N6O3. The average Bonchev–Trinajstić information content (AvgIpc) is 2.76. The van der Waals surface area contributed by atoms with Crippen molar-refractivity contribution in [2.24, 2.45) is 4.99 Å². The van der Waals surface area contributed by atoms with Crippen LogP contribution in [0.15, 0.2) is 29.3 Å². The van der Waals surface area contributed by atoms with E-state index in [-0.39, 0.29) is 24.4 Å². The molecule has 2 amide bonds. The van der Waals surface area contributed by atoms with E-state index in [1.54, 1.807) is 33.2 Å². The van der Waals surface area contributed by atoms with E-state index in [9.17, 15) is 9.59 Å². The number of ether oxygens (including phenoxy) is 1. The first-order chi connectivity index (χ1) is 14.4. The number of methoxy groups -OCH3 is 1. The van der Waals surface area contributed by atoms with Crippen molar-refractivity contribution in [3.05, 3.63) is 29.8 Å². The zero-order valence-electron chi connectivity index (χ0n) is 18.4. The summed E-state index contributed by atoms with van der Waals surface area (Å²) in [7, 11) is 6.76.